The van der Waals surface area contributed by atoms with E-state index in [2.05, 4.69) is 9.97 Å². The number of thiophene rings is 1. The Hall–Kier alpha value is -4.51. The molecule has 0 aliphatic rings. The Kier molecular flexibility index (Phi) is 6.00. The van der Waals surface area contributed by atoms with Crippen molar-refractivity contribution in [3.8, 4) is 22.3 Å². The van der Waals surface area contributed by atoms with Gasteiger partial charge < -0.3 is 11.5 Å². The number of rotatable bonds is 4. The summed E-state index contributed by atoms with van der Waals surface area (Å²) in [6, 6.07) is 10.6. The molecule has 6 nitrogen and oxygen atoms in total. The standard InChI is InChI=1S/C26H17F4N5OS/c27-20-6-3-16(26(28,29)30)11-21(20)35(25(32)36)17-4-1-14(2-5-17)19-13-37-23-18(12-34-24(31)22(19)23)15-7-9-33-10-8-15/h1-13H,(H2,31,34)(H2,32,36). The number of aromatic nitrogens is 2. The molecule has 0 fully saturated rings. The van der Waals surface area contributed by atoms with Crippen molar-refractivity contribution in [2.24, 2.45) is 5.73 Å². The Labute approximate surface area is 211 Å². The lowest BCUT2D eigenvalue weighted by atomic mass is 10.0. The first-order chi connectivity index (χ1) is 17.6. The molecule has 4 N–H and O–H groups in total. The van der Waals surface area contributed by atoms with Crippen LogP contribution in [0.4, 0.5) is 39.5 Å². The Balaban J connectivity index is 1.57. The van der Waals surface area contributed by atoms with Crippen molar-refractivity contribution in [1.82, 2.24) is 9.97 Å². The number of hydrogen-bond acceptors (Lipinski definition) is 5. The highest BCUT2D eigenvalue weighted by atomic mass is 32.1. The molecule has 0 saturated carbocycles. The zero-order valence-corrected chi connectivity index (χ0v) is 19.6. The van der Waals surface area contributed by atoms with Gasteiger partial charge in [-0.2, -0.15) is 13.2 Å². The second-order valence-electron chi connectivity index (χ2n) is 8.03. The fraction of sp³-hybridized carbons (Fsp3) is 0.0385. The maximum atomic E-state index is 14.5. The SMILES string of the molecule is NC(=O)N(c1ccc(-c2csc3c(-c4ccncc4)cnc(N)c23)cc1)c1cc(C(F)(F)F)ccc1F. The maximum absolute atomic E-state index is 14.5. The summed E-state index contributed by atoms with van der Waals surface area (Å²) in [5.74, 6) is -0.694. The number of nitrogens with zero attached hydrogens (tertiary/aromatic N) is 3. The third-order valence-corrected chi connectivity index (χ3v) is 6.80. The number of pyridine rings is 2. The van der Waals surface area contributed by atoms with Crippen molar-refractivity contribution in [3.05, 3.63) is 89.9 Å². The predicted molar refractivity (Wildman–Crippen MR) is 136 cm³/mol. The summed E-state index contributed by atoms with van der Waals surface area (Å²) in [4.78, 5) is 21.3. The van der Waals surface area contributed by atoms with Gasteiger partial charge in [-0.1, -0.05) is 12.1 Å². The van der Waals surface area contributed by atoms with Crippen molar-refractivity contribution in [3.63, 3.8) is 0 Å². The molecule has 0 spiro atoms. The van der Waals surface area contributed by atoms with Crippen molar-refractivity contribution in [2.75, 3.05) is 10.6 Å². The number of carbonyl (C=O) groups excluding carboxylic acids is 1. The Morgan fingerprint density at radius 1 is 0.946 bits per heavy atom. The number of nitrogen functional groups attached to an aromatic ring is 1. The van der Waals surface area contributed by atoms with Crippen LogP contribution in [0.2, 0.25) is 0 Å². The lowest BCUT2D eigenvalue weighted by Crippen LogP contribution is -2.32. The summed E-state index contributed by atoms with van der Waals surface area (Å²) < 4.78 is 55.0. The second kappa shape index (κ2) is 9.17. The van der Waals surface area contributed by atoms with Gasteiger partial charge in [0, 0.05) is 39.8 Å². The summed E-state index contributed by atoms with van der Waals surface area (Å²) >= 11 is 1.48. The second-order valence-corrected chi connectivity index (χ2v) is 8.91. The Morgan fingerprint density at radius 2 is 1.62 bits per heavy atom. The number of benzene rings is 2. The van der Waals surface area contributed by atoms with Crippen LogP contribution in [0.15, 0.2) is 78.6 Å². The van der Waals surface area contributed by atoms with E-state index < -0.39 is 29.3 Å². The Bertz CT molecular complexity index is 1620. The van der Waals surface area contributed by atoms with Crippen LogP contribution < -0.4 is 16.4 Å². The number of fused-ring (bicyclic) bond motifs is 1. The van der Waals surface area contributed by atoms with Crippen LogP contribution in [0.3, 0.4) is 0 Å². The van der Waals surface area contributed by atoms with E-state index in [9.17, 15) is 22.4 Å². The van der Waals surface area contributed by atoms with Crippen molar-refractivity contribution < 1.29 is 22.4 Å². The zero-order chi connectivity index (χ0) is 26.3. The van der Waals surface area contributed by atoms with Gasteiger partial charge in [0.15, 0.2) is 0 Å². The van der Waals surface area contributed by atoms with Gasteiger partial charge in [0.25, 0.3) is 0 Å². The molecule has 2 amide bonds. The minimum atomic E-state index is -4.72. The molecule has 0 unspecified atom stereocenters. The molecule has 3 aromatic heterocycles. The van der Waals surface area contributed by atoms with E-state index in [1.165, 1.54) is 23.5 Å². The minimum Gasteiger partial charge on any atom is -0.383 e. The molecule has 5 aromatic rings. The summed E-state index contributed by atoms with van der Waals surface area (Å²) in [7, 11) is 0. The first-order valence-electron chi connectivity index (χ1n) is 10.8. The van der Waals surface area contributed by atoms with E-state index in [0.29, 0.717) is 34.5 Å². The van der Waals surface area contributed by atoms with E-state index >= 15 is 0 Å². The molecule has 5 rings (SSSR count). The molecule has 2 aromatic carbocycles. The fourth-order valence-corrected chi connectivity index (χ4v) is 5.17. The topological polar surface area (TPSA) is 98.1 Å². The zero-order valence-electron chi connectivity index (χ0n) is 18.8. The molecule has 0 bridgehead atoms. The van der Waals surface area contributed by atoms with Gasteiger partial charge in [-0.15, -0.1) is 11.3 Å². The fourth-order valence-electron chi connectivity index (χ4n) is 4.05. The molecule has 0 atom stereocenters. The third-order valence-electron chi connectivity index (χ3n) is 5.79. The first-order valence-corrected chi connectivity index (χ1v) is 11.7. The van der Waals surface area contributed by atoms with Gasteiger partial charge in [-0.3, -0.25) is 9.88 Å². The molecule has 11 heteroatoms. The summed E-state index contributed by atoms with van der Waals surface area (Å²) in [6.07, 6.45) is 0.342. The van der Waals surface area contributed by atoms with Crippen LogP contribution in [-0.4, -0.2) is 16.0 Å². The quantitative estimate of drug-likeness (QED) is 0.248. The molecule has 0 saturated heterocycles. The summed E-state index contributed by atoms with van der Waals surface area (Å²) in [5, 5.41) is 2.66. The largest absolute Gasteiger partial charge is 0.416 e. The van der Waals surface area contributed by atoms with E-state index in [1.54, 1.807) is 30.7 Å². The van der Waals surface area contributed by atoms with Gasteiger partial charge in [0.2, 0.25) is 0 Å². The van der Waals surface area contributed by atoms with Crippen LogP contribution in [0.5, 0.6) is 0 Å². The van der Waals surface area contributed by atoms with E-state index in [1.807, 2.05) is 17.5 Å². The maximum Gasteiger partial charge on any atom is 0.416 e. The minimum absolute atomic E-state index is 0.0950. The van der Waals surface area contributed by atoms with Gasteiger partial charge in [0.05, 0.1) is 16.9 Å². The summed E-state index contributed by atoms with van der Waals surface area (Å²) in [5.41, 5.74) is 13.4. The van der Waals surface area contributed by atoms with Crippen LogP contribution in [0.1, 0.15) is 5.56 Å². The number of nitrogens with two attached hydrogens (primary N) is 2. The smallest absolute Gasteiger partial charge is 0.383 e. The number of halogens is 4. The third kappa shape index (κ3) is 4.45. The van der Waals surface area contributed by atoms with Gasteiger partial charge in [-0.05, 0) is 59.0 Å². The van der Waals surface area contributed by atoms with Crippen LogP contribution >= 0.6 is 11.3 Å². The number of alkyl halides is 3. The van der Waals surface area contributed by atoms with E-state index in [0.717, 1.165) is 26.8 Å². The average molecular weight is 524 g/mol. The predicted octanol–water partition coefficient (Wildman–Crippen LogP) is 6.98. The van der Waals surface area contributed by atoms with E-state index in [4.69, 9.17) is 11.5 Å². The molecule has 37 heavy (non-hydrogen) atoms. The van der Waals surface area contributed by atoms with Crippen LogP contribution in [-0.2, 0) is 6.18 Å². The summed E-state index contributed by atoms with van der Waals surface area (Å²) in [6.45, 7) is 0. The number of carbonyl (C=O) groups is 1. The van der Waals surface area contributed by atoms with Crippen molar-refractivity contribution in [1.29, 1.82) is 0 Å². The average Bonchev–Trinajstić information content (AvgIpc) is 3.32. The highest BCUT2D eigenvalue weighted by Crippen LogP contribution is 2.42. The normalized spacial score (nSPS) is 11.6. The van der Waals surface area contributed by atoms with Gasteiger partial charge in [0.1, 0.15) is 11.6 Å². The molecular weight excluding hydrogens is 506 g/mol. The highest BCUT2D eigenvalue weighted by Gasteiger charge is 2.32. The number of amides is 2. The van der Waals surface area contributed by atoms with Crippen molar-refractivity contribution >= 4 is 44.6 Å². The Morgan fingerprint density at radius 3 is 2.27 bits per heavy atom. The van der Waals surface area contributed by atoms with Crippen molar-refractivity contribution in [2.45, 2.75) is 6.18 Å². The number of anilines is 3. The molecule has 0 radical (unpaired) electrons. The molecule has 186 valence electrons. The number of hydrogen-bond donors (Lipinski definition) is 2. The van der Waals surface area contributed by atoms with Gasteiger partial charge >= 0.3 is 12.2 Å². The van der Waals surface area contributed by atoms with Crippen LogP contribution in [0.25, 0.3) is 32.3 Å². The number of urea groups is 1. The first kappa shape index (κ1) is 24.2. The number of primary amides is 1. The highest BCUT2D eigenvalue weighted by molar-refractivity contribution is 7.18. The van der Waals surface area contributed by atoms with Crippen LogP contribution in [0, 0.1) is 5.82 Å². The monoisotopic (exact) mass is 523 g/mol. The van der Waals surface area contributed by atoms with Gasteiger partial charge in [-0.25, -0.2) is 14.2 Å². The molecule has 0 aliphatic heterocycles. The van der Waals surface area contributed by atoms with E-state index in [-0.39, 0.29) is 5.69 Å². The lowest BCUT2D eigenvalue weighted by molar-refractivity contribution is -0.137. The molecule has 0 aliphatic carbocycles. The molecule has 3 heterocycles. The molecular formula is C26H17F4N5OS. The lowest BCUT2D eigenvalue weighted by Gasteiger charge is -2.22.